The fourth-order valence-electron chi connectivity index (χ4n) is 2.84. The summed E-state index contributed by atoms with van der Waals surface area (Å²) in [5.41, 5.74) is 1.19. The number of carbonyl (C=O) groups is 1. The normalized spacial score (nSPS) is 22.4. The van der Waals surface area contributed by atoms with Crippen LogP contribution in [0.3, 0.4) is 0 Å². The van der Waals surface area contributed by atoms with Crippen LogP contribution >= 0.6 is 15.9 Å². The molecule has 6 nitrogen and oxygen atoms in total. The maximum atomic E-state index is 12.9. The molecule has 0 unspecified atom stereocenters. The highest BCUT2D eigenvalue weighted by atomic mass is 79.9. The summed E-state index contributed by atoms with van der Waals surface area (Å²) in [5, 5.41) is 0. The molecule has 2 aliphatic rings. The number of carbonyl (C=O) groups excluding carboxylic acids is 1. The minimum atomic E-state index is -4.00. The molecular formula is C15H11BrN2O4S. The Labute approximate surface area is 141 Å². The third-order valence-electron chi connectivity index (χ3n) is 3.89. The third-order valence-corrected chi connectivity index (χ3v) is 5.67. The van der Waals surface area contributed by atoms with E-state index in [4.69, 9.17) is 4.18 Å². The molecule has 0 bridgehead atoms. The summed E-state index contributed by atoms with van der Waals surface area (Å²) < 4.78 is 31.6. The van der Waals surface area contributed by atoms with E-state index in [0.717, 1.165) is 8.78 Å². The molecule has 2 aromatic carbocycles. The summed E-state index contributed by atoms with van der Waals surface area (Å²) in [7, 11) is -4.00. The van der Waals surface area contributed by atoms with E-state index >= 15 is 0 Å². The molecule has 0 aliphatic carbocycles. The van der Waals surface area contributed by atoms with Gasteiger partial charge >= 0.3 is 10.3 Å². The molecule has 23 heavy (non-hydrogen) atoms. The van der Waals surface area contributed by atoms with Crippen molar-refractivity contribution in [1.82, 2.24) is 4.31 Å². The number of halogens is 1. The van der Waals surface area contributed by atoms with Crippen molar-refractivity contribution >= 4 is 37.8 Å². The Kier molecular flexibility index (Phi) is 3.22. The molecule has 1 atom stereocenters. The van der Waals surface area contributed by atoms with Crippen molar-refractivity contribution in [3.8, 4) is 5.75 Å². The third kappa shape index (κ3) is 2.25. The second-order valence-electron chi connectivity index (χ2n) is 5.26. The summed E-state index contributed by atoms with van der Waals surface area (Å²) in [6, 6.07) is 13.0. The smallest absolute Gasteiger partial charge is 0.370 e. The number of amides is 1. The molecule has 0 spiro atoms. The summed E-state index contributed by atoms with van der Waals surface area (Å²) in [6.07, 6.45) is 0. The number of anilines is 1. The van der Waals surface area contributed by atoms with Crippen LogP contribution < -0.4 is 9.08 Å². The van der Waals surface area contributed by atoms with E-state index in [-0.39, 0.29) is 18.3 Å². The predicted octanol–water partition coefficient (Wildman–Crippen LogP) is 2.43. The van der Waals surface area contributed by atoms with Crippen LogP contribution in [0.5, 0.6) is 5.75 Å². The van der Waals surface area contributed by atoms with E-state index in [0.29, 0.717) is 11.3 Å². The Morgan fingerprint density at radius 2 is 1.87 bits per heavy atom. The van der Waals surface area contributed by atoms with Crippen LogP contribution in [0.4, 0.5) is 5.69 Å². The van der Waals surface area contributed by atoms with E-state index in [1.807, 2.05) is 6.07 Å². The van der Waals surface area contributed by atoms with E-state index in [1.54, 1.807) is 42.5 Å². The molecule has 0 N–H and O–H groups in total. The Balaban J connectivity index is 1.85. The zero-order valence-corrected chi connectivity index (χ0v) is 14.1. The molecule has 2 aromatic rings. The van der Waals surface area contributed by atoms with Crippen molar-refractivity contribution < 1.29 is 17.4 Å². The number of hydrogen-bond acceptors (Lipinski definition) is 4. The zero-order chi connectivity index (χ0) is 16.2. The number of rotatable bonds is 1. The summed E-state index contributed by atoms with van der Waals surface area (Å²) >= 11 is 3.35. The van der Waals surface area contributed by atoms with Crippen molar-refractivity contribution in [1.29, 1.82) is 0 Å². The van der Waals surface area contributed by atoms with Crippen molar-refractivity contribution in [2.75, 3.05) is 11.6 Å². The largest absolute Gasteiger partial charge is 0.387 e. The van der Waals surface area contributed by atoms with Gasteiger partial charge in [0.05, 0.1) is 6.67 Å². The lowest BCUT2D eigenvalue weighted by Crippen LogP contribution is -2.39. The first-order chi connectivity index (χ1) is 11.0. The standard InChI is InChI=1S/C15H11BrN2O4S/c16-10-6-7-13-12(8-10)14-15(19)17(11-4-2-1-3-5-11)9-18(14)23(20,21)22-13/h1-8,14H,9H2/t14-/m1/s1. The van der Waals surface area contributed by atoms with Crippen LogP contribution in [0.1, 0.15) is 11.6 Å². The van der Waals surface area contributed by atoms with Gasteiger partial charge in [0.25, 0.3) is 5.91 Å². The van der Waals surface area contributed by atoms with E-state index in [9.17, 15) is 13.2 Å². The average molecular weight is 395 g/mol. The van der Waals surface area contributed by atoms with Gasteiger partial charge in [0.2, 0.25) is 0 Å². The fraction of sp³-hybridized carbons (Fsp3) is 0.133. The van der Waals surface area contributed by atoms with Crippen molar-refractivity contribution in [2.45, 2.75) is 6.04 Å². The maximum Gasteiger partial charge on any atom is 0.387 e. The molecule has 1 saturated heterocycles. The number of nitrogens with zero attached hydrogens (tertiary/aromatic N) is 2. The lowest BCUT2D eigenvalue weighted by atomic mass is 10.1. The topological polar surface area (TPSA) is 66.9 Å². The van der Waals surface area contributed by atoms with Crippen LogP contribution in [0, 0.1) is 0 Å². The van der Waals surface area contributed by atoms with Gasteiger partial charge in [0, 0.05) is 15.7 Å². The zero-order valence-electron chi connectivity index (χ0n) is 11.7. The molecule has 118 valence electrons. The minimum absolute atomic E-state index is 0.0677. The van der Waals surface area contributed by atoms with Gasteiger partial charge < -0.3 is 4.18 Å². The van der Waals surface area contributed by atoms with Crippen LogP contribution in [-0.2, 0) is 15.1 Å². The van der Waals surface area contributed by atoms with Crippen LogP contribution in [0.15, 0.2) is 53.0 Å². The molecule has 1 fully saturated rings. The molecule has 8 heteroatoms. The minimum Gasteiger partial charge on any atom is -0.370 e. The van der Waals surface area contributed by atoms with E-state index in [2.05, 4.69) is 15.9 Å². The van der Waals surface area contributed by atoms with E-state index < -0.39 is 16.3 Å². The van der Waals surface area contributed by atoms with Gasteiger partial charge in [0.1, 0.15) is 11.8 Å². The highest BCUT2D eigenvalue weighted by molar-refractivity contribution is 9.10. The van der Waals surface area contributed by atoms with Crippen molar-refractivity contribution in [3.05, 3.63) is 58.6 Å². The van der Waals surface area contributed by atoms with Gasteiger partial charge in [-0.2, -0.15) is 8.42 Å². The Morgan fingerprint density at radius 3 is 2.61 bits per heavy atom. The first kappa shape index (κ1) is 14.7. The summed E-state index contributed by atoms with van der Waals surface area (Å²) in [6.45, 7) is -0.0677. The summed E-state index contributed by atoms with van der Waals surface area (Å²) in [4.78, 5) is 14.3. The molecular weight excluding hydrogens is 384 g/mol. The Morgan fingerprint density at radius 1 is 1.13 bits per heavy atom. The van der Waals surface area contributed by atoms with E-state index in [1.165, 1.54) is 4.90 Å². The molecule has 0 saturated carbocycles. The molecule has 4 rings (SSSR count). The molecule has 0 radical (unpaired) electrons. The molecule has 0 aromatic heterocycles. The van der Waals surface area contributed by atoms with Gasteiger partial charge in [-0.15, -0.1) is 4.31 Å². The number of hydrogen-bond donors (Lipinski definition) is 0. The average Bonchev–Trinajstić information content (AvgIpc) is 2.88. The lowest BCUT2D eigenvalue weighted by molar-refractivity contribution is -0.119. The SMILES string of the molecule is O=C1[C@H]2c3cc(Br)ccc3OS(=O)(=O)N2CN1c1ccccc1. The predicted molar refractivity (Wildman–Crippen MR) is 87.1 cm³/mol. The quantitative estimate of drug-likeness (QED) is 0.744. The van der Waals surface area contributed by atoms with Gasteiger partial charge in [-0.1, -0.05) is 34.1 Å². The molecule has 2 heterocycles. The highest BCUT2D eigenvalue weighted by Gasteiger charge is 2.51. The van der Waals surface area contributed by atoms with Gasteiger partial charge in [-0.3, -0.25) is 9.69 Å². The van der Waals surface area contributed by atoms with Crippen LogP contribution in [0.25, 0.3) is 0 Å². The Bertz CT molecular complexity index is 901. The Hall–Kier alpha value is -1.90. The fourth-order valence-corrected chi connectivity index (χ4v) is 4.41. The summed E-state index contributed by atoms with van der Waals surface area (Å²) in [5.74, 6) is -0.0971. The van der Waals surface area contributed by atoms with Crippen molar-refractivity contribution in [2.24, 2.45) is 0 Å². The monoisotopic (exact) mass is 394 g/mol. The van der Waals surface area contributed by atoms with Gasteiger partial charge in [-0.05, 0) is 30.3 Å². The highest BCUT2D eigenvalue weighted by Crippen LogP contribution is 2.43. The van der Waals surface area contributed by atoms with Gasteiger partial charge in [-0.25, -0.2) is 0 Å². The first-order valence-electron chi connectivity index (χ1n) is 6.84. The van der Waals surface area contributed by atoms with Crippen molar-refractivity contribution in [3.63, 3.8) is 0 Å². The second kappa shape index (κ2) is 5.05. The number of para-hydroxylation sites is 1. The second-order valence-corrected chi connectivity index (χ2v) is 7.66. The van der Waals surface area contributed by atoms with Gasteiger partial charge in [0.15, 0.2) is 0 Å². The maximum absolute atomic E-state index is 12.9. The molecule has 1 amide bonds. The van der Waals surface area contributed by atoms with Crippen LogP contribution in [-0.4, -0.2) is 25.3 Å². The number of benzene rings is 2. The first-order valence-corrected chi connectivity index (χ1v) is 9.00. The number of fused-ring (bicyclic) bond motifs is 3. The lowest BCUT2D eigenvalue weighted by Gasteiger charge is -2.27. The van der Waals surface area contributed by atoms with Crippen LogP contribution in [0.2, 0.25) is 0 Å². The molecule has 2 aliphatic heterocycles.